The molecule has 1 unspecified atom stereocenters. The number of nitrogens with one attached hydrogen (secondary N) is 1. The van der Waals surface area contributed by atoms with Crippen molar-refractivity contribution in [1.82, 2.24) is 10.2 Å². The Hall–Kier alpha value is -0.813. The Balaban J connectivity index is 1.80. The zero-order valence-electron chi connectivity index (χ0n) is 8.61. The number of rotatable bonds is 5. The Kier molecular flexibility index (Phi) is 3.79. The molecule has 1 aliphatic carbocycles. The fourth-order valence-electron chi connectivity index (χ4n) is 2.09. The average molecular weight is 223 g/mol. The summed E-state index contributed by atoms with van der Waals surface area (Å²) in [6, 6.07) is 1.80. The van der Waals surface area contributed by atoms with E-state index in [2.05, 4.69) is 20.7 Å². The summed E-state index contributed by atoms with van der Waals surface area (Å²) >= 11 is 0. The smallest absolute Gasteiger partial charge is 0.246 e. The molecule has 0 amide bonds. The van der Waals surface area contributed by atoms with Crippen LogP contribution in [0.15, 0.2) is 12.3 Å². The highest BCUT2D eigenvalue weighted by Gasteiger charge is 2.25. The molecule has 1 atom stereocenters. The molecule has 2 rings (SSSR count). The minimum atomic E-state index is 0.132. The number of aromatic nitrogens is 2. The van der Waals surface area contributed by atoms with E-state index in [-0.39, 0.29) is 6.10 Å². The van der Waals surface area contributed by atoms with Crippen LogP contribution in [0.1, 0.15) is 25.7 Å². The first-order chi connectivity index (χ1) is 7.40. The van der Waals surface area contributed by atoms with Crippen molar-refractivity contribution in [3.8, 4) is 5.88 Å². The lowest BCUT2D eigenvalue weighted by Crippen LogP contribution is -2.28. The van der Waals surface area contributed by atoms with Crippen LogP contribution in [0, 0.1) is 5.92 Å². The van der Waals surface area contributed by atoms with E-state index in [0.29, 0.717) is 18.4 Å². The molecule has 1 saturated carbocycles. The number of hydrogen-bond donors (Lipinski definition) is 1. The molecule has 1 fully saturated rings. The molecule has 4 nitrogen and oxygen atoms in total. The molecule has 1 aliphatic rings. The summed E-state index contributed by atoms with van der Waals surface area (Å²) < 4.78 is 10.8. The Morgan fingerprint density at radius 2 is 2.33 bits per heavy atom. The van der Waals surface area contributed by atoms with Gasteiger partial charge in [0.15, 0.2) is 0 Å². The standard InChI is InChI=1S/C10H15N2O2Si/c15-14-9(8-3-1-2-4-8)7-13-10-5-6-11-12-10/h5-6,8-9H,1-4,7H2,(H,11,12). The number of aromatic amines is 1. The molecule has 5 heteroatoms. The van der Waals surface area contributed by atoms with Crippen molar-refractivity contribution < 1.29 is 9.16 Å². The van der Waals surface area contributed by atoms with E-state index in [4.69, 9.17) is 9.16 Å². The first kappa shape index (κ1) is 10.7. The third-order valence-corrected chi connectivity index (χ3v) is 3.26. The zero-order chi connectivity index (χ0) is 10.5. The molecular formula is C10H15N2O2Si. The maximum Gasteiger partial charge on any atom is 0.246 e. The molecule has 3 radical (unpaired) electrons. The van der Waals surface area contributed by atoms with Crippen molar-refractivity contribution in [3.05, 3.63) is 12.3 Å². The minimum absolute atomic E-state index is 0.132. The van der Waals surface area contributed by atoms with Gasteiger partial charge in [-0.05, 0) is 18.8 Å². The van der Waals surface area contributed by atoms with Crippen molar-refractivity contribution >= 4 is 10.5 Å². The van der Waals surface area contributed by atoms with E-state index in [1.54, 1.807) is 12.3 Å². The molecule has 81 valence electrons. The lowest BCUT2D eigenvalue weighted by molar-refractivity contribution is 0.0865. The summed E-state index contributed by atoms with van der Waals surface area (Å²) in [4.78, 5) is 0. The van der Waals surface area contributed by atoms with Gasteiger partial charge in [-0.25, -0.2) is 5.10 Å². The second kappa shape index (κ2) is 5.32. The van der Waals surface area contributed by atoms with Crippen LogP contribution < -0.4 is 4.74 Å². The van der Waals surface area contributed by atoms with Crippen molar-refractivity contribution in [3.63, 3.8) is 0 Å². The van der Waals surface area contributed by atoms with E-state index in [9.17, 15) is 0 Å². The van der Waals surface area contributed by atoms with Gasteiger partial charge in [0, 0.05) is 6.07 Å². The number of nitrogens with zero attached hydrogens (tertiary/aromatic N) is 1. The van der Waals surface area contributed by atoms with Gasteiger partial charge >= 0.3 is 0 Å². The molecule has 1 aromatic heterocycles. The second-order valence-electron chi connectivity index (χ2n) is 3.93. The maximum atomic E-state index is 5.54. The molecular weight excluding hydrogens is 208 g/mol. The van der Waals surface area contributed by atoms with Crippen molar-refractivity contribution in [2.24, 2.45) is 5.92 Å². The van der Waals surface area contributed by atoms with E-state index < -0.39 is 0 Å². The van der Waals surface area contributed by atoms with Crippen LogP contribution in [0.2, 0.25) is 0 Å². The quantitative estimate of drug-likeness (QED) is 0.768. The highest BCUT2D eigenvalue weighted by atomic mass is 28.2. The maximum absolute atomic E-state index is 5.54. The molecule has 0 saturated heterocycles. The number of H-pyrrole nitrogens is 1. The van der Waals surface area contributed by atoms with E-state index >= 15 is 0 Å². The van der Waals surface area contributed by atoms with Crippen LogP contribution in [0.25, 0.3) is 0 Å². The summed E-state index contributed by atoms with van der Waals surface area (Å²) in [5.74, 6) is 1.31. The molecule has 0 aromatic carbocycles. The summed E-state index contributed by atoms with van der Waals surface area (Å²) in [6.07, 6.45) is 6.89. The first-order valence-corrected chi connectivity index (χ1v) is 5.75. The van der Waals surface area contributed by atoms with Crippen LogP contribution in [0.5, 0.6) is 5.88 Å². The van der Waals surface area contributed by atoms with Gasteiger partial charge in [0.25, 0.3) is 0 Å². The normalized spacial score (nSPS) is 19.3. The Morgan fingerprint density at radius 1 is 1.53 bits per heavy atom. The monoisotopic (exact) mass is 223 g/mol. The largest absolute Gasteiger partial charge is 0.475 e. The number of ether oxygens (including phenoxy) is 1. The topological polar surface area (TPSA) is 47.1 Å². The van der Waals surface area contributed by atoms with Gasteiger partial charge < -0.3 is 9.16 Å². The predicted molar refractivity (Wildman–Crippen MR) is 56.7 cm³/mol. The molecule has 0 spiro atoms. The third-order valence-electron chi connectivity index (χ3n) is 2.96. The molecule has 1 heterocycles. The summed E-state index contributed by atoms with van der Waals surface area (Å²) in [6.45, 7) is 0.566. The van der Waals surface area contributed by atoms with Crippen LogP contribution in [-0.2, 0) is 4.43 Å². The third kappa shape index (κ3) is 2.82. The van der Waals surface area contributed by atoms with Gasteiger partial charge in [0.1, 0.15) is 6.61 Å². The molecule has 0 bridgehead atoms. The average Bonchev–Trinajstić information content (AvgIpc) is 2.90. The minimum Gasteiger partial charge on any atom is -0.475 e. The van der Waals surface area contributed by atoms with Crippen LogP contribution >= 0.6 is 0 Å². The molecule has 15 heavy (non-hydrogen) atoms. The zero-order valence-corrected chi connectivity index (χ0v) is 9.61. The van der Waals surface area contributed by atoms with Gasteiger partial charge in [-0.1, -0.05) is 12.8 Å². The summed E-state index contributed by atoms with van der Waals surface area (Å²) in [5.41, 5.74) is 0. The Bertz CT molecular complexity index is 273. The summed E-state index contributed by atoms with van der Waals surface area (Å²) in [7, 11) is 3.13. The van der Waals surface area contributed by atoms with Gasteiger partial charge in [0.05, 0.1) is 12.3 Å². The van der Waals surface area contributed by atoms with Crippen molar-refractivity contribution in [2.45, 2.75) is 31.8 Å². The predicted octanol–water partition coefficient (Wildman–Crippen LogP) is 1.45. The highest BCUT2D eigenvalue weighted by Crippen LogP contribution is 2.29. The van der Waals surface area contributed by atoms with E-state index in [0.717, 1.165) is 0 Å². The Labute approximate surface area is 92.9 Å². The number of hydrogen-bond acceptors (Lipinski definition) is 3. The highest BCUT2D eigenvalue weighted by molar-refractivity contribution is 5.98. The van der Waals surface area contributed by atoms with Crippen LogP contribution in [0.4, 0.5) is 0 Å². The van der Waals surface area contributed by atoms with Gasteiger partial charge in [-0.2, -0.15) is 5.10 Å². The van der Waals surface area contributed by atoms with Gasteiger partial charge in [0.2, 0.25) is 16.4 Å². The SMILES string of the molecule is [Si]OC(COc1ccn[nH]1)C1CCCC1. The molecule has 1 aromatic rings. The lowest BCUT2D eigenvalue weighted by atomic mass is 10.0. The first-order valence-electron chi connectivity index (χ1n) is 5.34. The fraction of sp³-hybridized carbons (Fsp3) is 0.700. The summed E-state index contributed by atoms with van der Waals surface area (Å²) in [5, 5.41) is 6.58. The van der Waals surface area contributed by atoms with E-state index in [1.807, 2.05) is 0 Å². The van der Waals surface area contributed by atoms with Crippen LogP contribution in [-0.4, -0.2) is 33.4 Å². The van der Waals surface area contributed by atoms with E-state index in [1.165, 1.54) is 25.7 Å². The fourth-order valence-corrected chi connectivity index (χ4v) is 2.35. The Morgan fingerprint density at radius 3 is 2.93 bits per heavy atom. The van der Waals surface area contributed by atoms with Crippen LogP contribution in [0.3, 0.4) is 0 Å². The van der Waals surface area contributed by atoms with Crippen molar-refractivity contribution in [2.75, 3.05) is 6.61 Å². The van der Waals surface area contributed by atoms with Gasteiger partial charge in [-0.15, -0.1) is 0 Å². The molecule has 1 N–H and O–H groups in total. The lowest BCUT2D eigenvalue weighted by Gasteiger charge is -2.21. The molecule has 0 aliphatic heterocycles. The van der Waals surface area contributed by atoms with Gasteiger partial charge in [-0.3, -0.25) is 0 Å². The van der Waals surface area contributed by atoms with Crippen molar-refractivity contribution in [1.29, 1.82) is 0 Å². The second-order valence-corrected chi connectivity index (χ2v) is 4.17.